The highest BCUT2D eigenvalue weighted by molar-refractivity contribution is 7.07. The Labute approximate surface area is 135 Å². The highest BCUT2D eigenvalue weighted by Crippen LogP contribution is 2.17. The van der Waals surface area contributed by atoms with Crippen molar-refractivity contribution in [2.24, 2.45) is 4.99 Å². The summed E-state index contributed by atoms with van der Waals surface area (Å²) in [5.41, 5.74) is 2.20. The van der Waals surface area contributed by atoms with Crippen molar-refractivity contribution in [2.45, 2.75) is 26.3 Å². The molecule has 5 heteroatoms. The third-order valence-corrected chi connectivity index (χ3v) is 4.04. The average molecular weight is 319 g/mol. The van der Waals surface area contributed by atoms with Gasteiger partial charge in [-0.3, -0.25) is 0 Å². The van der Waals surface area contributed by atoms with Crippen molar-refractivity contribution < 1.29 is 4.39 Å². The number of halogens is 1. The molecular weight excluding hydrogens is 297 g/mol. The summed E-state index contributed by atoms with van der Waals surface area (Å²) >= 11 is 1.71. The standard InChI is InChI=1S/C17H22FN3S/c1-3-19-17(20-10-13(2)15-7-8-22-12-15)21-11-14-5-4-6-16(18)9-14/h4-9,12-13H,3,10-11H2,1-2H3,(H2,19,20,21). The summed E-state index contributed by atoms with van der Waals surface area (Å²) in [6.07, 6.45) is 0. The van der Waals surface area contributed by atoms with E-state index in [9.17, 15) is 4.39 Å². The van der Waals surface area contributed by atoms with Crippen molar-refractivity contribution in [3.63, 3.8) is 0 Å². The molecule has 2 aromatic rings. The quantitative estimate of drug-likeness (QED) is 0.628. The number of hydrogen-bond donors (Lipinski definition) is 2. The first-order valence-electron chi connectivity index (χ1n) is 7.47. The molecule has 1 atom stereocenters. The van der Waals surface area contributed by atoms with Gasteiger partial charge in [-0.2, -0.15) is 11.3 Å². The number of nitrogens with one attached hydrogen (secondary N) is 2. The molecule has 0 aliphatic rings. The highest BCUT2D eigenvalue weighted by atomic mass is 32.1. The first-order chi connectivity index (χ1) is 10.7. The molecule has 1 aromatic heterocycles. The van der Waals surface area contributed by atoms with Gasteiger partial charge in [0.15, 0.2) is 5.96 Å². The van der Waals surface area contributed by atoms with Gasteiger partial charge >= 0.3 is 0 Å². The summed E-state index contributed by atoms with van der Waals surface area (Å²) in [5.74, 6) is 0.954. The highest BCUT2D eigenvalue weighted by Gasteiger charge is 2.07. The van der Waals surface area contributed by atoms with Crippen LogP contribution in [-0.2, 0) is 6.54 Å². The van der Waals surface area contributed by atoms with Crippen LogP contribution in [0.25, 0.3) is 0 Å². The van der Waals surface area contributed by atoms with Crippen LogP contribution in [0.15, 0.2) is 46.1 Å². The molecule has 0 amide bonds. The maximum Gasteiger partial charge on any atom is 0.191 e. The molecule has 0 radical (unpaired) electrons. The van der Waals surface area contributed by atoms with E-state index >= 15 is 0 Å². The van der Waals surface area contributed by atoms with Gasteiger partial charge in [-0.25, -0.2) is 9.38 Å². The molecule has 3 nitrogen and oxygen atoms in total. The van der Waals surface area contributed by atoms with Gasteiger partial charge in [0, 0.05) is 13.1 Å². The Kier molecular flexibility index (Phi) is 6.40. The van der Waals surface area contributed by atoms with Crippen LogP contribution in [0.5, 0.6) is 0 Å². The Balaban J connectivity index is 1.92. The SMILES string of the molecule is CCNC(=NCc1cccc(F)c1)NCC(C)c1ccsc1. The zero-order chi connectivity index (χ0) is 15.8. The van der Waals surface area contributed by atoms with Gasteiger partial charge in [0.25, 0.3) is 0 Å². The van der Waals surface area contributed by atoms with Gasteiger partial charge in [0.1, 0.15) is 5.82 Å². The van der Waals surface area contributed by atoms with Gasteiger partial charge in [0.05, 0.1) is 6.54 Å². The second kappa shape index (κ2) is 8.54. The molecule has 2 N–H and O–H groups in total. The van der Waals surface area contributed by atoms with Crippen LogP contribution < -0.4 is 10.6 Å². The molecule has 22 heavy (non-hydrogen) atoms. The number of aliphatic imine (C=N–C) groups is 1. The Morgan fingerprint density at radius 3 is 2.86 bits per heavy atom. The average Bonchev–Trinajstić information content (AvgIpc) is 3.04. The second-order valence-corrected chi connectivity index (χ2v) is 5.94. The van der Waals surface area contributed by atoms with E-state index < -0.39 is 0 Å². The molecule has 0 spiro atoms. The molecule has 2 rings (SSSR count). The lowest BCUT2D eigenvalue weighted by molar-refractivity contribution is 0.625. The van der Waals surface area contributed by atoms with E-state index in [1.807, 2.05) is 13.0 Å². The zero-order valence-electron chi connectivity index (χ0n) is 13.0. The number of thiophene rings is 1. The monoisotopic (exact) mass is 319 g/mol. The van der Waals surface area contributed by atoms with Gasteiger partial charge in [-0.05, 0) is 52.9 Å². The fraction of sp³-hybridized carbons (Fsp3) is 0.353. The molecular formula is C17H22FN3S. The lowest BCUT2D eigenvalue weighted by atomic mass is 10.1. The predicted octanol–water partition coefficient (Wildman–Crippen LogP) is 3.75. The first-order valence-corrected chi connectivity index (χ1v) is 8.42. The number of rotatable bonds is 6. The topological polar surface area (TPSA) is 36.4 Å². The van der Waals surface area contributed by atoms with Crippen molar-refractivity contribution in [1.82, 2.24) is 10.6 Å². The molecule has 0 fully saturated rings. The van der Waals surface area contributed by atoms with Crippen molar-refractivity contribution in [3.8, 4) is 0 Å². The Morgan fingerprint density at radius 2 is 2.18 bits per heavy atom. The fourth-order valence-electron chi connectivity index (χ4n) is 2.07. The number of benzene rings is 1. The molecule has 1 heterocycles. The summed E-state index contributed by atoms with van der Waals surface area (Å²) in [7, 11) is 0. The predicted molar refractivity (Wildman–Crippen MR) is 92.0 cm³/mol. The van der Waals surface area contributed by atoms with Gasteiger partial charge in [0.2, 0.25) is 0 Å². The number of guanidine groups is 1. The summed E-state index contributed by atoms with van der Waals surface area (Å²) in [5, 5.41) is 10.8. The fourth-order valence-corrected chi connectivity index (χ4v) is 2.85. The number of hydrogen-bond acceptors (Lipinski definition) is 2. The molecule has 0 saturated heterocycles. The molecule has 0 aliphatic carbocycles. The van der Waals surface area contributed by atoms with Crippen molar-refractivity contribution in [1.29, 1.82) is 0 Å². The minimum atomic E-state index is -0.225. The Hall–Kier alpha value is -1.88. The summed E-state index contributed by atoms with van der Waals surface area (Å²) in [6.45, 7) is 6.28. The van der Waals surface area contributed by atoms with Gasteiger partial charge < -0.3 is 10.6 Å². The maximum atomic E-state index is 13.2. The van der Waals surface area contributed by atoms with E-state index in [4.69, 9.17) is 0 Å². The van der Waals surface area contributed by atoms with Gasteiger partial charge in [-0.1, -0.05) is 19.1 Å². The molecule has 1 aromatic carbocycles. The lowest BCUT2D eigenvalue weighted by Crippen LogP contribution is -2.39. The Bertz CT molecular complexity index is 596. The Morgan fingerprint density at radius 1 is 1.32 bits per heavy atom. The van der Waals surface area contributed by atoms with E-state index in [0.29, 0.717) is 12.5 Å². The van der Waals surface area contributed by atoms with Crippen molar-refractivity contribution >= 4 is 17.3 Å². The molecule has 0 bridgehead atoms. The zero-order valence-corrected chi connectivity index (χ0v) is 13.8. The third kappa shape index (κ3) is 5.15. The van der Waals surface area contributed by atoms with Crippen LogP contribution >= 0.6 is 11.3 Å². The van der Waals surface area contributed by atoms with Crippen molar-refractivity contribution in [2.75, 3.05) is 13.1 Å². The summed E-state index contributed by atoms with van der Waals surface area (Å²) < 4.78 is 13.2. The molecule has 0 aliphatic heterocycles. The van der Waals surface area contributed by atoms with E-state index in [-0.39, 0.29) is 5.82 Å². The van der Waals surface area contributed by atoms with Crippen LogP contribution in [0, 0.1) is 5.82 Å². The van der Waals surface area contributed by atoms with E-state index in [1.54, 1.807) is 17.4 Å². The maximum absolute atomic E-state index is 13.2. The first kappa shape index (κ1) is 16.5. The molecule has 0 saturated carbocycles. The van der Waals surface area contributed by atoms with Crippen LogP contribution in [0.4, 0.5) is 4.39 Å². The van der Waals surface area contributed by atoms with E-state index in [0.717, 1.165) is 24.6 Å². The largest absolute Gasteiger partial charge is 0.357 e. The van der Waals surface area contributed by atoms with Crippen LogP contribution in [0.2, 0.25) is 0 Å². The van der Waals surface area contributed by atoms with Crippen LogP contribution in [-0.4, -0.2) is 19.0 Å². The van der Waals surface area contributed by atoms with Crippen LogP contribution in [0.1, 0.15) is 30.9 Å². The number of nitrogens with zero attached hydrogens (tertiary/aromatic N) is 1. The molecule has 1 unspecified atom stereocenters. The summed E-state index contributed by atoms with van der Waals surface area (Å²) in [6, 6.07) is 8.69. The van der Waals surface area contributed by atoms with E-state index in [1.165, 1.54) is 17.7 Å². The second-order valence-electron chi connectivity index (χ2n) is 5.16. The summed E-state index contributed by atoms with van der Waals surface area (Å²) in [4.78, 5) is 4.51. The van der Waals surface area contributed by atoms with Gasteiger partial charge in [-0.15, -0.1) is 0 Å². The normalized spacial score (nSPS) is 13.0. The van der Waals surface area contributed by atoms with E-state index in [2.05, 4.69) is 39.4 Å². The minimum absolute atomic E-state index is 0.225. The van der Waals surface area contributed by atoms with Crippen LogP contribution in [0.3, 0.4) is 0 Å². The van der Waals surface area contributed by atoms with Crippen molar-refractivity contribution in [3.05, 3.63) is 58.0 Å². The smallest absolute Gasteiger partial charge is 0.191 e. The minimum Gasteiger partial charge on any atom is -0.357 e. The third-order valence-electron chi connectivity index (χ3n) is 3.34. The lowest BCUT2D eigenvalue weighted by Gasteiger charge is -2.15. The molecule has 118 valence electrons.